The van der Waals surface area contributed by atoms with Crippen LogP contribution < -0.4 is 21.3 Å². The first kappa shape index (κ1) is 28.6. The van der Waals surface area contributed by atoms with Crippen LogP contribution in [-0.4, -0.2) is 73.0 Å². The Morgan fingerprint density at radius 3 is 2.14 bits per heavy atom. The standard InChI is InChI=1S/C27H43N7O3/c1-21(2)13-14-29-25-32-26(34-27(33-25)31-23-11-7-4-8-12-23)30-16-18-37-20-19-36-17-15-28-24(35)22-9-5-3-6-10-22/h3,5-6,9-10,21,23H,4,7-8,11-20H2,1-2H3,(H,28,35)(H3,29,30,31,32,33,34). The van der Waals surface area contributed by atoms with E-state index in [2.05, 4.69) is 50.1 Å². The topological polar surface area (TPSA) is 122 Å². The van der Waals surface area contributed by atoms with Gasteiger partial charge in [0.1, 0.15) is 0 Å². The Morgan fingerprint density at radius 2 is 1.46 bits per heavy atom. The molecule has 0 unspecified atom stereocenters. The number of nitrogens with one attached hydrogen (secondary N) is 4. The second kappa shape index (κ2) is 16.7. The fourth-order valence-corrected chi connectivity index (χ4v) is 3.99. The average Bonchev–Trinajstić information content (AvgIpc) is 2.90. The van der Waals surface area contributed by atoms with Gasteiger partial charge in [-0.1, -0.05) is 51.3 Å². The van der Waals surface area contributed by atoms with Crippen molar-refractivity contribution in [3.05, 3.63) is 35.9 Å². The number of ether oxygens (including phenoxy) is 2. The summed E-state index contributed by atoms with van der Waals surface area (Å²) in [6, 6.07) is 9.56. The van der Waals surface area contributed by atoms with Crippen molar-refractivity contribution in [1.82, 2.24) is 20.3 Å². The van der Waals surface area contributed by atoms with Gasteiger partial charge in [-0.15, -0.1) is 0 Å². The molecule has 0 saturated heterocycles. The van der Waals surface area contributed by atoms with Gasteiger partial charge < -0.3 is 30.7 Å². The second-order valence-electron chi connectivity index (χ2n) is 9.67. The third kappa shape index (κ3) is 11.7. The third-order valence-electron chi connectivity index (χ3n) is 6.05. The van der Waals surface area contributed by atoms with Gasteiger partial charge in [0.25, 0.3) is 5.91 Å². The van der Waals surface area contributed by atoms with Gasteiger partial charge >= 0.3 is 0 Å². The van der Waals surface area contributed by atoms with Crippen LogP contribution in [0.4, 0.5) is 17.8 Å². The summed E-state index contributed by atoms with van der Waals surface area (Å²) in [6.07, 6.45) is 7.16. The van der Waals surface area contributed by atoms with Crippen LogP contribution in [0, 0.1) is 5.92 Å². The number of benzene rings is 1. The second-order valence-corrected chi connectivity index (χ2v) is 9.67. The lowest BCUT2D eigenvalue weighted by Crippen LogP contribution is -2.27. The Balaban J connectivity index is 1.31. The Bertz CT molecular complexity index is 908. The van der Waals surface area contributed by atoms with E-state index in [0.717, 1.165) is 25.8 Å². The highest BCUT2D eigenvalue weighted by molar-refractivity contribution is 5.94. The smallest absolute Gasteiger partial charge is 0.251 e. The number of nitrogens with zero attached hydrogens (tertiary/aromatic N) is 3. The van der Waals surface area contributed by atoms with Crippen LogP contribution in [-0.2, 0) is 9.47 Å². The van der Waals surface area contributed by atoms with Crippen LogP contribution in [0.2, 0.25) is 0 Å². The first-order chi connectivity index (χ1) is 18.1. The Kier molecular flexibility index (Phi) is 12.9. The highest BCUT2D eigenvalue weighted by Crippen LogP contribution is 2.21. The zero-order valence-corrected chi connectivity index (χ0v) is 22.3. The van der Waals surface area contributed by atoms with Crippen molar-refractivity contribution in [1.29, 1.82) is 0 Å². The zero-order valence-electron chi connectivity index (χ0n) is 22.3. The number of anilines is 3. The molecule has 1 aromatic heterocycles. The van der Waals surface area contributed by atoms with Crippen molar-refractivity contribution in [3.63, 3.8) is 0 Å². The van der Waals surface area contributed by atoms with E-state index in [-0.39, 0.29) is 5.91 Å². The summed E-state index contributed by atoms with van der Waals surface area (Å²) < 4.78 is 11.2. The molecule has 1 aliphatic carbocycles. The molecule has 1 aromatic carbocycles. The Labute approximate surface area is 220 Å². The lowest BCUT2D eigenvalue weighted by Gasteiger charge is -2.23. The highest BCUT2D eigenvalue weighted by atomic mass is 16.5. The molecule has 3 rings (SSSR count). The summed E-state index contributed by atoms with van der Waals surface area (Å²) in [5, 5.41) is 12.9. The lowest BCUT2D eigenvalue weighted by molar-refractivity contribution is 0.0519. The molecule has 1 amide bonds. The minimum atomic E-state index is -0.0970. The van der Waals surface area contributed by atoms with E-state index >= 15 is 0 Å². The van der Waals surface area contributed by atoms with E-state index in [1.54, 1.807) is 12.1 Å². The van der Waals surface area contributed by atoms with Gasteiger partial charge in [-0.3, -0.25) is 4.79 Å². The summed E-state index contributed by atoms with van der Waals surface area (Å²) in [5.41, 5.74) is 0.645. The van der Waals surface area contributed by atoms with Crippen molar-refractivity contribution in [2.75, 3.05) is 62.0 Å². The predicted molar refractivity (Wildman–Crippen MR) is 147 cm³/mol. The number of hydrogen-bond acceptors (Lipinski definition) is 9. The van der Waals surface area contributed by atoms with Crippen LogP contribution in [0.25, 0.3) is 0 Å². The SMILES string of the molecule is CC(C)CCNc1nc(NCCOCCOCCNC(=O)c2ccccc2)nc(NC2CCCCC2)n1. The molecule has 37 heavy (non-hydrogen) atoms. The summed E-state index contributed by atoms with van der Waals surface area (Å²) in [6.45, 7) is 8.14. The molecule has 0 spiro atoms. The van der Waals surface area contributed by atoms with Crippen molar-refractivity contribution >= 4 is 23.8 Å². The summed E-state index contributed by atoms with van der Waals surface area (Å²) in [5.74, 6) is 2.26. The number of carbonyl (C=O) groups excluding carboxylic acids is 1. The quantitative estimate of drug-likeness (QED) is 0.233. The maximum absolute atomic E-state index is 12.0. The van der Waals surface area contributed by atoms with Crippen molar-refractivity contribution < 1.29 is 14.3 Å². The highest BCUT2D eigenvalue weighted by Gasteiger charge is 2.15. The van der Waals surface area contributed by atoms with E-state index in [9.17, 15) is 4.79 Å². The van der Waals surface area contributed by atoms with E-state index in [1.165, 1.54) is 19.3 Å². The summed E-state index contributed by atoms with van der Waals surface area (Å²) in [4.78, 5) is 25.7. The molecule has 10 nitrogen and oxygen atoms in total. The van der Waals surface area contributed by atoms with Gasteiger partial charge in [0.15, 0.2) is 0 Å². The summed E-state index contributed by atoms with van der Waals surface area (Å²) >= 11 is 0. The van der Waals surface area contributed by atoms with Crippen molar-refractivity contribution in [2.24, 2.45) is 5.92 Å². The van der Waals surface area contributed by atoms with Gasteiger partial charge in [-0.2, -0.15) is 15.0 Å². The van der Waals surface area contributed by atoms with Crippen LogP contribution in [0.15, 0.2) is 30.3 Å². The molecule has 1 fully saturated rings. The molecule has 10 heteroatoms. The molecule has 0 radical (unpaired) electrons. The Morgan fingerprint density at radius 1 is 0.838 bits per heavy atom. The molecule has 1 aliphatic rings. The number of carbonyl (C=O) groups is 1. The van der Waals surface area contributed by atoms with Gasteiger partial charge in [0.05, 0.1) is 26.4 Å². The van der Waals surface area contributed by atoms with E-state index in [1.807, 2.05) is 18.2 Å². The van der Waals surface area contributed by atoms with Gasteiger partial charge in [-0.25, -0.2) is 0 Å². The van der Waals surface area contributed by atoms with Crippen molar-refractivity contribution in [2.45, 2.75) is 58.4 Å². The Hall–Kier alpha value is -2.98. The first-order valence-electron chi connectivity index (χ1n) is 13.6. The third-order valence-corrected chi connectivity index (χ3v) is 6.05. The fourth-order valence-electron chi connectivity index (χ4n) is 3.99. The number of amides is 1. The van der Waals surface area contributed by atoms with Crippen LogP contribution in [0.5, 0.6) is 0 Å². The molecule has 2 aromatic rings. The molecule has 0 bridgehead atoms. The van der Waals surface area contributed by atoms with Gasteiger partial charge in [0, 0.05) is 31.2 Å². The van der Waals surface area contributed by atoms with E-state index < -0.39 is 0 Å². The fraction of sp³-hybridized carbons (Fsp3) is 0.630. The van der Waals surface area contributed by atoms with Crippen LogP contribution in [0.3, 0.4) is 0 Å². The molecule has 1 saturated carbocycles. The minimum absolute atomic E-state index is 0.0970. The zero-order chi connectivity index (χ0) is 26.1. The van der Waals surface area contributed by atoms with Gasteiger partial charge in [-0.05, 0) is 37.3 Å². The number of aromatic nitrogens is 3. The number of rotatable bonds is 17. The molecule has 4 N–H and O–H groups in total. The van der Waals surface area contributed by atoms with Gasteiger partial charge in [0.2, 0.25) is 17.8 Å². The van der Waals surface area contributed by atoms with E-state index in [4.69, 9.17) is 9.47 Å². The van der Waals surface area contributed by atoms with Crippen LogP contribution in [0.1, 0.15) is 62.7 Å². The molecular formula is C27H43N7O3. The predicted octanol–water partition coefficient (Wildman–Crippen LogP) is 3.95. The largest absolute Gasteiger partial charge is 0.377 e. The van der Waals surface area contributed by atoms with E-state index in [0.29, 0.717) is 74.9 Å². The minimum Gasteiger partial charge on any atom is -0.377 e. The number of hydrogen-bond donors (Lipinski definition) is 4. The monoisotopic (exact) mass is 513 g/mol. The molecule has 0 atom stereocenters. The maximum Gasteiger partial charge on any atom is 0.251 e. The lowest BCUT2D eigenvalue weighted by atomic mass is 9.96. The van der Waals surface area contributed by atoms with Crippen LogP contribution >= 0.6 is 0 Å². The molecular weight excluding hydrogens is 470 g/mol. The molecule has 204 valence electrons. The average molecular weight is 514 g/mol. The van der Waals surface area contributed by atoms with Crippen molar-refractivity contribution in [3.8, 4) is 0 Å². The summed E-state index contributed by atoms with van der Waals surface area (Å²) in [7, 11) is 0. The first-order valence-corrected chi connectivity index (χ1v) is 13.6. The molecule has 0 aliphatic heterocycles. The normalized spacial score (nSPS) is 13.9. The maximum atomic E-state index is 12.0. The molecule has 1 heterocycles.